The Morgan fingerprint density at radius 1 is 1.44 bits per heavy atom. The summed E-state index contributed by atoms with van der Waals surface area (Å²) in [6.07, 6.45) is 5.48. The average Bonchev–Trinajstić information content (AvgIpc) is 3.17. The maximum absolute atomic E-state index is 11.9. The first-order chi connectivity index (χ1) is 12.2. The SMILES string of the molecule is CCOc1ccc(/C=N/NC(=O)Cc2cn3ccsc3n2)cc1OC. The van der Waals surface area contributed by atoms with Crippen LogP contribution in [0.5, 0.6) is 11.5 Å². The molecular formula is C17H18N4O3S. The molecule has 3 rings (SSSR count). The molecule has 8 heteroatoms. The lowest BCUT2D eigenvalue weighted by Gasteiger charge is -2.09. The Balaban J connectivity index is 1.58. The molecule has 0 saturated heterocycles. The highest BCUT2D eigenvalue weighted by Crippen LogP contribution is 2.27. The second kappa shape index (κ2) is 7.80. The van der Waals surface area contributed by atoms with E-state index in [1.165, 1.54) is 11.3 Å². The van der Waals surface area contributed by atoms with Crippen LogP contribution in [0.2, 0.25) is 0 Å². The van der Waals surface area contributed by atoms with E-state index >= 15 is 0 Å². The molecule has 0 bridgehead atoms. The van der Waals surface area contributed by atoms with Crippen molar-refractivity contribution in [3.8, 4) is 11.5 Å². The van der Waals surface area contributed by atoms with Crippen LogP contribution in [-0.4, -0.2) is 35.2 Å². The van der Waals surface area contributed by atoms with Crippen molar-refractivity contribution in [1.82, 2.24) is 14.8 Å². The van der Waals surface area contributed by atoms with E-state index in [0.29, 0.717) is 23.8 Å². The van der Waals surface area contributed by atoms with E-state index in [1.807, 2.05) is 41.2 Å². The monoisotopic (exact) mass is 358 g/mol. The van der Waals surface area contributed by atoms with Crippen LogP contribution in [0.1, 0.15) is 18.2 Å². The first kappa shape index (κ1) is 17.0. The summed E-state index contributed by atoms with van der Waals surface area (Å²) in [5.41, 5.74) is 4.01. The summed E-state index contributed by atoms with van der Waals surface area (Å²) in [4.78, 5) is 17.2. The molecule has 1 amide bonds. The van der Waals surface area contributed by atoms with Gasteiger partial charge in [-0.25, -0.2) is 10.4 Å². The molecule has 7 nitrogen and oxygen atoms in total. The molecule has 1 N–H and O–H groups in total. The molecule has 0 atom stereocenters. The van der Waals surface area contributed by atoms with Crippen molar-refractivity contribution in [2.24, 2.45) is 5.10 Å². The van der Waals surface area contributed by atoms with Gasteiger partial charge in [-0.3, -0.25) is 9.20 Å². The molecule has 0 fully saturated rings. The van der Waals surface area contributed by atoms with Crippen LogP contribution < -0.4 is 14.9 Å². The van der Waals surface area contributed by atoms with Gasteiger partial charge in [0.25, 0.3) is 0 Å². The number of nitrogens with one attached hydrogen (secondary N) is 1. The summed E-state index contributed by atoms with van der Waals surface area (Å²) >= 11 is 1.53. The van der Waals surface area contributed by atoms with E-state index in [2.05, 4.69) is 15.5 Å². The van der Waals surface area contributed by atoms with Gasteiger partial charge < -0.3 is 9.47 Å². The number of hydrogen-bond acceptors (Lipinski definition) is 6. The number of rotatable bonds is 7. The Kier molecular flexibility index (Phi) is 5.30. The third-order valence-corrected chi connectivity index (χ3v) is 4.15. The number of carbonyl (C=O) groups is 1. The molecule has 25 heavy (non-hydrogen) atoms. The number of amides is 1. The summed E-state index contributed by atoms with van der Waals surface area (Å²) in [7, 11) is 1.58. The van der Waals surface area contributed by atoms with Gasteiger partial charge in [0.05, 0.1) is 32.0 Å². The summed E-state index contributed by atoms with van der Waals surface area (Å²) in [5, 5.41) is 5.92. The first-order valence-electron chi connectivity index (χ1n) is 7.73. The van der Waals surface area contributed by atoms with Gasteiger partial charge in [-0.05, 0) is 30.7 Å². The average molecular weight is 358 g/mol. The minimum absolute atomic E-state index is 0.179. The Hall–Kier alpha value is -2.87. The minimum atomic E-state index is -0.222. The molecule has 1 aromatic carbocycles. The lowest BCUT2D eigenvalue weighted by Crippen LogP contribution is -2.19. The van der Waals surface area contributed by atoms with Crippen molar-refractivity contribution in [1.29, 1.82) is 0 Å². The smallest absolute Gasteiger partial charge is 0.246 e. The van der Waals surface area contributed by atoms with Crippen LogP contribution in [0.25, 0.3) is 4.96 Å². The van der Waals surface area contributed by atoms with Gasteiger partial charge in [-0.15, -0.1) is 11.3 Å². The van der Waals surface area contributed by atoms with Crippen molar-refractivity contribution in [3.63, 3.8) is 0 Å². The number of nitrogens with zero attached hydrogens (tertiary/aromatic N) is 3. The molecule has 0 unspecified atom stereocenters. The summed E-state index contributed by atoms with van der Waals surface area (Å²) < 4.78 is 12.6. The second-order valence-electron chi connectivity index (χ2n) is 5.14. The molecule has 0 spiro atoms. The number of benzene rings is 1. The van der Waals surface area contributed by atoms with Crippen LogP contribution in [0.3, 0.4) is 0 Å². The zero-order chi connectivity index (χ0) is 17.6. The highest BCUT2D eigenvalue weighted by atomic mass is 32.1. The van der Waals surface area contributed by atoms with Gasteiger partial charge in [0, 0.05) is 17.8 Å². The second-order valence-corrected chi connectivity index (χ2v) is 6.01. The van der Waals surface area contributed by atoms with E-state index in [4.69, 9.17) is 9.47 Å². The number of methoxy groups -OCH3 is 1. The van der Waals surface area contributed by atoms with Crippen molar-refractivity contribution in [2.45, 2.75) is 13.3 Å². The molecule has 0 aliphatic rings. The third-order valence-electron chi connectivity index (χ3n) is 3.38. The molecule has 0 aliphatic carbocycles. The normalized spacial score (nSPS) is 11.1. The van der Waals surface area contributed by atoms with Gasteiger partial charge in [0.2, 0.25) is 5.91 Å². The van der Waals surface area contributed by atoms with Crippen molar-refractivity contribution in [3.05, 3.63) is 47.2 Å². The lowest BCUT2D eigenvalue weighted by atomic mass is 10.2. The number of hydrazone groups is 1. The molecule has 3 aromatic rings. The van der Waals surface area contributed by atoms with E-state index in [-0.39, 0.29) is 12.3 Å². The zero-order valence-corrected chi connectivity index (χ0v) is 14.7. The summed E-state index contributed by atoms with van der Waals surface area (Å²) in [6.45, 7) is 2.47. The van der Waals surface area contributed by atoms with Gasteiger partial charge in [0.1, 0.15) is 0 Å². The number of hydrogen-bond donors (Lipinski definition) is 1. The number of ether oxygens (including phenoxy) is 2. The number of thiazole rings is 1. The fourth-order valence-electron chi connectivity index (χ4n) is 2.28. The number of imidazole rings is 1. The predicted octanol–water partition coefficient (Wildman–Crippen LogP) is 2.50. The highest BCUT2D eigenvalue weighted by molar-refractivity contribution is 7.15. The maximum Gasteiger partial charge on any atom is 0.246 e. The molecule has 130 valence electrons. The lowest BCUT2D eigenvalue weighted by molar-refractivity contribution is -0.120. The van der Waals surface area contributed by atoms with Crippen LogP contribution >= 0.6 is 11.3 Å². The number of aromatic nitrogens is 2. The standard InChI is InChI=1S/C17H18N4O3S/c1-3-24-14-5-4-12(8-15(14)23-2)10-18-20-16(22)9-13-11-21-6-7-25-17(21)19-13/h4-8,10-11H,3,9H2,1-2H3,(H,20,22)/b18-10+. The summed E-state index contributed by atoms with van der Waals surface area (Å²) in [5.74, 6) is 1.07. The topological polar surface area (TPSA) is 77.2 Å². The molecule has 2 heterocycles. The van der Waals surface area contributed by atoms with Crippen LogP contribution in [0.15, 0.2) is 41.1 Å². The fraction of sp³-hybridized carbons (Fsp3) is 0.235. The van der Waals surface area contributed by atoms with E-state index in [9.17, 15) is 4.79 Å². The zero-order valence-electron chi connectivity index (χ0n) is 13.9. The largest absolute Gasteiger partial charge is 0.493 e. The maximum atomic E-state index is 11.9. The van der Waals surface area contributed by atoms with Crippen LogP contribution in [0.4, 0.5) is 0 Å². The third kappa shape index (κ3) is 4.16. The van der Waals surface area contributed by atoms with Gasteiger partial charge in [-0.2, -0.15) is 5.10 Å². The van der Waals surface area contributed by atoms with E-state index in [0.717, 1.165) is 10.5 Å². The molecule has 2 aromatic heterocycles. The number of fused-ring (bicyclic) bond motifs is 1. The molecule has 0 aliphatic heterocycles. The van der Waals surface area contributed by atoms with Crippen molar-refractivity contribution >= 4 is 28.4 Å². The highest BCUT2D eigenvalue weighted by Gasteiger charge is 2.08. The first-order valence-corrected chi connectivity index (χ1v) is 8.61. The van der Waals surface area contributed by atoms with E-state index < -0.39 is 0 Å². The summed E-state index contributed by atoms with van der Waals surface area (Å²) in [6, 6.07) is 5.44. The molecule has 0 radical (unpaired) electrons. The molecular weight excluding hydrogens is 340 g/mol. The number of carbonyl (C=O) groups excluding carboxylic acids is 1. The Labute approximate surface area is 148 Å². The fourth-order valence-corrected chi connectivity index (χ4v) is 3.00. The van der Waals surface area contributed by atoms with Gasteiger partial charge in [0.15, 0.2) is 16.5 Å². The van der Waals surface area contributed by atoms with Crippen molar-refractivity contribution < 1.29 is 14.3 Å². The van der Waals surface area contributed by atoms with Gasteiger partial charge in [-0.1, -0.05) is 0 Å². The van der Waals surface area contributed by atoms with Crippen molar-refractivity contribution in [2.75, 3.05) is 13.7 Å². The predicted molar refractivity (Wildman–Crippen MR) is 96.7 cm³/mol. The van der Waals surface area contributed by atoms with Crippen LogP contribution in [-0.2, 0) is 11.2 Å². The minimum Gasteiger partial charge on any atom is -0.493 e. The Morgan fingerprint density at radius 2 is 2.32 bits per heavy atom. The van der Waals surface area contributed by atoms with Gasteiger partial charge >= 0.3 is 0 Å². The van der Waals surface area contributed by atoms with E-state index in [1.54, 1.807) is 19.4 Å². The van der Waals surface area contributed by atoms with Crippen LogP contribution in [0, 0.1) is 0 Å². The molecule has 0 saturated carbocycles. The Morgan fingerprint density at radius 3 is 3.08 bits per heavy atom. The Bertz CT molecular complexity index is 872. The quantitative estimate of drug-likeness (QED) is 0.520.